The summed E-state index contributed by atoms with van der Waals surface area (Å²) < 4.78 is 5.02. The first-order chi connectivity index (χ1) is 8.63. The molecule has 3 N–H and O–H groups in total. The van der Waals surface area contributed by atoms with Crippen molar-refractivity contribution >= 4 is 18.3 Å². The number of nitrogens with one attached hydrogen (secondary N) is 1. The molecular formula is C13H22ClN3O2. The lowest BCUT2D eigenvalue weighted by Crippen LogP contribution is -2.44. The second kappa shape index (κ2) is 6.91. The third-order valence-corrected chi connectivity index (χ3v) is 3.79. The lowest BCUT2D eigenvalue weighted by molar-refractivity contribution is 0.0906. The fraction of sp³-hybridized carbons (Fsp3) is 0.692. The van der Waals surface area contributed by atoms with E-state index in [4.69, 9.17) is 10.3 Å². The number of aromatic nitrogens is 1. The topological polar surface area (TPSA) is 81.2 Å². The highest BCUT2D eigenvalue weighted by Crippen LogP contribution is 2.24. The number of aryl methyl sites for hydroxylation is 2. The van der Waals surface area contributed by atoms with E-state index in [0.717, 1.165) is 19.3 Å². The molecule has 1 aromatic heterocycles. The van der Waals surface area contributed by atoms with Gasteiger partial charge in [-0.1, -0.05) is 18.0 Å². The molecule has 2 unspecified atom stereocenters. The Morgan fingerprint density at radius 3 is 2.68 bits per heavy atom. The number of rotatable bonds is 3. The maximum atomic E-state index is 12.2. The zero-order chi connectivity index (χ0) is 13.1. The van der Waals surface area contributed by atoms with Crippen LogP contribution in [0.4, 0.5) is 0 Å². The van der Waals surface area contributed by atoms with Crippen molar-refractivity contribution in [1.29, 1.82) is 0 Å². The van der Waals surface area contributed by atoms with Gasteiger partial charge in [-0.25, -0.2) is 0 Å². The smallest absolute Gasteiger partial charge is 0.257 e. The van der Waals surface area contributed by atoms with Crippen molar-refractivity contribution in [1.82, 2.24) is 10.5 Å². The first-order valence-corrected chi connectivity index (χ1v) is 6.57. The number of amides is 1. The van der Waals surface area contributed by atoms with Gasteiger partial charge in [0.05, 0.1) is 5.69 Å². The predicted octanol–water partition coefficient (Wildman–Crippen LogP) is 1.96. The Kier molecular flexibility index (Phi) is 5.82. The zero-order valence-electron chi connectivity index (χ0n) is 11.4. The number of hydrogen-bond donors (Lipinski definition) is 2. The van der Waals surface area contributed by atoms with Gasteiger partial charge in [0.2, 0.25) is 0 Å². The first-order valence-electron chi connectivity index (χ1n) is 6.57. The second-order valence-electron chi connectivity index (χ2n) is 5.06. The van der Waals surface area contributed by atoms with Crippen molar-refractivity contribution in [3.8, 4) is 0 Å². The molecule has 1 fully saturated rings. The molecule has 2 rings (SSSR count). The number of nitrogens with zero attached hydrogens (tertiary/aromatic N) is 1. The Bertz CT molecular complexity index is 414. The van der Waals surface area contributed by atoms with Gasteiger partial charge in [-0.2, -0.15) is 0 Å². The fourth-order valence-electron chi connectivity index (χ4n) is 2.73. The summed E-state index contributed by atoms with van der Waals surface area (Å²) in [5.74, 6) is 0.880. The van der Waals surface area contributed by atoms with E-state index in [1.165, 1.54) is 6.42 Å². The Labute approximate surface area is 119 Å². The summed E-state index contributed by atoms with van der Waals surface area (Å²) in [6.07, 6.45) is 4.47. The quantitative estimate of drug-likeness (QED) is 0.890. The molecule has 5 nitrogen and oxygen atoms in total. The van der Waals surface area contributed by atoms with Crippen LogP contribution in [0.5, 0.6) is 0 Å². The van der Waals surface area contributed by atoms with Crippen LogP contribution in [0.3, 0.4) is 0 Å². The van der Waals surface area contributed by atoms with Gasteiger partial charge < -0.3 is 15.6 Å². The van der Waals surface area contributed by atoms with Gasteiger partial charge in [0, 0.05) is 6.04 Å². The van der Waals surface area contributed by atoms with Gasteiger partial charge in [0.15, 0.2) is 0 Å². The van der Waals surface area contributed by atoms with Crippen LogP contribution >= 0.6 is 12.4 Å². The average Bonchev–Trinajstić information content (AvgIpc) is 2.69. The van der Waals surface area contributed by atoms with Gasteiger partial charge in [-0.15, -0.1) is 12.4 Å². The van der Waals surface area contributed by atoms with Gasteiger partial charge >= 0.3 is 0 Å². The maximum absolute atomic E-state index is 12.2. The molecule has 0 radical (unpaired) electrons. The third kappa shape index (κ3) is 3.48. The summed E-state index contributed by atoms with van der Waals surface area (Å²) in [6.45, 7) is 4.18. The highest BCUT2D eigenvalue weighted by molar-refractivity contribution is 5.96. The second-order valence-corrected chi connectivity index (χ2v) is 5.06. The minimum atomic E-state index is -0.0865. The molecule has 0 saturated heterocycles. The van der Waals surface area contributed by atoms with E-state index in [9.17, 15) is 4.79 Å². The molecule has 0 spiro atoms. The summed E-state index contributed by atoms with van der Waals surface area (Å²) in [4.78, 5) is 12.2. The molecule has 1 aliphatic carbocycles. The van der Waals surface area contributed by atoms with E-state index < -0.39 is 0 Å². The highest BCUT2D eigenvalue weighted by Gasteiger charge is 2.27. The Morgan fingerprint density at radius 2 is 2.11 bits per heavy atom. The molecule has 19 heavy (non-hydrogen) atoms. The molecule has 108 valence electrons. The Balaban J connectivity index is 0.00000180. The number of nitrogens with two attached hydrogens (primary N) is 1. The molecule has 0 aromatic carbocycles. The van der Waals surface area contributed by atoms with Gasteiger partial charge in [-0.05, 0) is 39.2 Å². The Hall–Kier alpha value is -1.07. The maximum Gasteiger partial charge on any atom is 0.257 e. The number of halogens is 1. The van der Waals surface area contributed by atoms with Crippen LogP contribution in [0.25, 0.3) is 0 Å². The molecular weight excluding hydrogens is 266 g/mol. The molecule has 0 bridgehead atoms. The monoisotopic (exact) mass is 287 g/mol. The summed E-state index contributed by atoms with van der Waals surface area (Å²) in [6, 6.07) is 0.185. The first kappa shape index (κ1) is 16.0. The third-order valence-electron chi connectivity index (χ3n) is 3.79. The molecule has 1 amide bonds. The van der Waals surface area contributed by atoms with Gasteiger partial charge in [-0.3, -0.25) is 4.79 Å². The van der Waals surface area contributed by atoms with Crippen LogP contribution in [0.1, 0.15) is 47.5 Å². The summed E-state index contributed by atoms with van der Waals surface area (Å²) in [5, 5.41) is 6.89. The minimum Gasteiger partial charge on any atom is -0.361 e. The van der Waals surface area contributed by atoms with Crippen molar-refractivity contribution in [2.24, 2.45) is 11.7 Å². The van der Waals surface area contributed by atoms with E-state index in [1.54, 1.807) is 13.8 Å². The van der Waals surface area contributed by atoms with E-state index in [2.05, 4.69) is 10.5 Å². The molecule has 0 aliphatic heterocycles. The Morgan fingerprint density at radius 1 is 1.42 bits per heavy atom. The standard InChI is InChI=1S/C13H21N3O2.ClH/c1-8-12(9(2)18-16-8)13(17)15-11-6-4-3-5-10(11)7-14;/h10-11H,3-7,14H2,1-2H3,(H,15,17);1H. The molecule has 1 aliphatic rings. The number of hydrogen-bond acceptors (Lipinski definition) is 4. The number of carbonyl (C=O) groups is 1. The molecule has 1 heterocycles. The number of carbonyl (C=O) groups excluding carboxylic acids is 1. The van der Waals surface area contributed by atoms with Gasteiger partial charge in [0.1, 0.15) is 11.3 Å². The highest BCUT2D eigenvalue weighted by atomic mass is 35.5. The van der Waals surface area contributed by atoms with Crippen molar-refractivity contribution in [2.75, 3.05) is 6.54 Å². The summed E-state index contributed by atoms with van der Waals surface area (Å²) in [5.41, 5.74) is 6.98. The zero-order valence-corrected chi connectivity index (χ0v) is 12.3. The summed E-state index contributed by atoms with van der Waals surface area (Å²) >= 11 is 0. The van der Waals surface area contributed by atoms with Crippen LogP contribution in [0, 0.1) is 19.8 Å². The average molecular weight is 288 g/mol. The lowest BCUT2D eigenvalue weighted by atomic mass is 9.84. The normalized spacial score (nSPS) is 22.7. The van der Waals surface area contributed by atoms with Crippen LogP contribution in [0.2, 0.25) is 0 Å². The van der Waals surface area contributed by atoms with E-state index in [-0.39, 0.29) is 24.4 Å². The molecule has 1 saturated carbocycles. The lowest BCUT2D eigenvalue weighted by Gasteiger charge is -2.31. The largest absolute Gasteiger partial charge is 0.361 e. The molecule has 2 atom stereocenters. The fourth-order valence-corrected chi connectivity index (χ4v) is 2.73. The van der Waals surface area contributed by atoms with Crippen LogP contribution in [-0.2, 0) is 0 Å². The van der Waals surface area contributed by atoms with Crippen molar-refractivity contribution in [3.63, 3.8) is 0 Å². The van der Waals surface area contributed by atoms with Crippen molar-refractivity contribution < 1.29 is 9.32 Å². The minimum absolute atomic E-state index is 0. The SMILES string of the molecule is Cc1noc(C)c1C(=O)NC1CCCCC1CN.Cl. The van der Waals surface area contributed by atoms with Crippen LogP contribution in [-0.4, -0.2) is 23.7 Å². The molecule has 6 heteroatoms. The van der Waals surface area contributed by atoms with Crippen LogP contribution < -0.4 is 11.1 Å². The van der Waals surface area contributed by atoms with Gasteiger partial charge in [0.25, 0.3) is 5.91 Å². The van der Waals surface area contributed by atoms with Crippen molar-refractivity contribution in [2.45, 2.75) is 45.6 Å². The van der Waals surface area contributed by atoms with Crippen molar-refractivity contribution in [3.05, 3.63) is 17.0 Å². The van der Waals surface area contributed by atoms with E-state index in [0.29, 0.717) is 29.5 Å². The van der Waals surface area contributed by atoms with E-state index >= 15 is 0 Å². The van der Waals surface area contributed by atoms with E-state index in [1.807, 2.05) is 0 Å². The van der Waals surface area contributed by atoms with Crippen LogP contribution in [0.15, 0.2) is 4.52 Å². The molecule has 1 aromatic rings. The summed E-state index contributed by atoms with van der Waals surface area (Å²) in [7, 11) is 0. The predicted molar refractivity (Wildman–Crippen MR) is 75.5 cm³/mol.